The number of H-pyrrole nitrogens is 1. The largest absolute Gasteiger partial charge is 0.361 e. The maximum atomic E-state index is 13.5. The smallest absolute Gasteiger partial charge is 0.231 e. The molecule has 1 amide bonds. The summed E-state index contributed by atoms with van der Waals surface area (Å²) in [6.07, 6.45) is 7.51. The van der Waals surface area contributed by atoms with E-state index in [1.54, 1.807) is 0 Å². The fourth-order valence-electron chi connectivity index (χ4n) is 4.45. The number of benzene rings is 2. The molecule has 4 nitrogen and oxygen atoms in total. The third-order valence-electron chi connectivity index (χ3n) is 6.01. The van der Waals surface area contributed by atoms with Gasteiger partial charge in [-0.2, -0.15) is 0 Å². The number of amides is 1. The quantitative estimate of drug-likeness (QED) is 0.543. The molecule has 2 aromatic carbocycles. The van der Waals surface area contributed by atoms with Crippen LogP contribution < -0.4 is 0 Å². The monoisotopic (exact) mass is 371 g/mol. The Hall–Kier alpha value is -3.01. The molecule has 0 bridgehead atoms. The first-order valence-electron chi connectivity index (χ1n) is 10.2. The number of carbonyl (C=O) groups excluding carboxylic acids is 1. The van der Waals surface area contributed by atoms with E-state index in [-0.39, 0.29) is 11.8 Å². The van der Waals surface area contributed by atoms with Crippen LogP contribution in [0.2, 0.25) is 0 Å². The first-order valence-corrected chi connectivity index (χ1v) is 10.2. The van der Waals surface area contributed by atoms with Crippen LogP contribution in [0.25, 0.3) is 21.8 Å². The summed E-state index contributed by atoms with van der Waals surface area (Å²) in [7, 11) is 0. The van der Waals surface area contributed by atoms with Crippen LogP contribution >= 0.6 is 0 Å². The van der Waals surface area contributed by atoms with E-state index in [1.807, 2.05) is 6.20 Å². The minimum atomic E-state index is -0.173. The fraction of sp³-hybridized carbons (Fsp3) is 0.292. The molecule has 142 valence electrons. The first kappa shape index (κ1) is 17.1. The van der Waals surface area contributed by atoms with Crippen LogP contribution in [-0.2, 0) is 11.3 Å². The van der Waals surface area contributed by atoms with Gasteiger partial charge in [-0.05, 0) is 65.9 Å². The van der Waals surface area contributed by atoms with Crippen LogP contribution in [0.4, 0.5) is 0 Å². The van der Waals surface area contributed by atoms with Crippen molar-refractivity contribution in [1.29, 1.82) is 0 Å². The molecule has 4 aromatic rings. The number of likely N-dealkylation sites (tertiary alicyclic amines) is 1. The molecule has 2 aromatic heterocycles. The number of fused-ring (bicyclic) bond motifs is 2. The van der Waals surface area contributed by atoms with Crippen molar-refractivity contribution >= 4 is 27.7 Å². The molecule has 1 aliphatic rings. The highest BCUT2D eigenvalue weighted by atomic mass is 16.2. The van der Waals surface area contributed by atoms with E-state index in [9.17, 15) is 4.79 Å². The standard InChI is InChI=1S/C24H25N3O/c28-24(26-13-4-1-5-14-26)21(19-8-9-22-20(16-19)10-12-25-22)17-27-15-11-18-6-2-3-7-23(18)27/h2-3,6-12,15-16,21,25H,1,4-5,13-14,17H2. The number of nitrogens with one attached hydrogen (secondary N) is 1. The van der Waals surface area contributed by atoms with E-state index >= 15 is 0 Å². The summed E-state index contributed by atoms with van der Waals surface area (Å²) >= 11 is 0. The normalized spacial score (nSPS) is 15.9. The van der Waals surface area contributed by atoms with Crippen molar-refractivity contribution < 1.29 is 4.79 Å². The number of hydrogen-bond acceptors (Lipinski definition) is 1. The zero-order valence-electron chi connectivity index (χ0n) is 16.0. The maximum absolute atomic E-state index is 13.5. The van der Waals surface area contributed by atoms with Gasteiger partial charge in [-0.15, -0.1) is 0 Å². The number of para-hydroxylation sites is 1. The van der Waals surface area contributed by atoms with Gasteiger partial charge in [0.1, 0.15) is 0 Å². The Balaban J connectivity index is 1.54. The number of aromatic nitrogens is 2. The lowest BCUT2D eigenvalue weighted by Gasteiger charge is -2.31. The molecule has 1 N–H and O–H groups in total. The van der Waals surface area contributed by atoms with Crippen molar-refractivity contribution in [2.75, 3.05) is 13.1 Å². The molecule has 1 atom stereocenters. The maximum Gasteiger partial charge on any atom is 0.231 e. The van der Waals surface area contributed by atoms with Crippen LogP contribution in [0.1, 0.15) is 30.7 Å². The molecule has 1 unspecified atom stereocenters. The average Bonchev–Trinajstić information content (AvgIpc) is 3.38. The third kappa shape index (κ3) is 3.09. The van der Waals surface area contributed by atoms with E-state index < -0.39 is 0 Å². The molecule has 0 aliphatic carbocycles. The van der Waals surface area contributed by atoms with Gasteiger partial charge in [0, 0.05) is 43.1 Å². The van der Waals surface area contributed by atoms with Gasteiger partial charge >= 0.3 is 0 Å². The number of hydrogen-bond donors (Lipinski definition) is 1. The molecule has 0 radical (unpaired) electrons. The molecule has 1 fully saturated rings. The molecule has 4 heteroatoms. The summed E-state index contributed by atoms with van der Waals surface area (Å²) < 4.78 is 2.23. The highest BCUT2D eigenvalue weighted by molar-refractivity contribution is 5.87. The van der Waals surface area contributed by atoms with Crippen LogP contribution in [-0.4, -0.2) is 33.4 Å². The second-order valence-corrected chi connectivity index (χ2v) is 7.79. The lowest BCUT2D eigenvalue weighted by atomic mass is 9.95. The first-order chi connectivity index (χ1) is 13.8. The van der Waals surface area contributed by atoms with E-state index in [2.05, 4.69) is 75.2 Å². The van der Waals surface area contributed by atoms with Gasteiger partial charge in [-0.1, -0.05) is 24.3 Å². The molecule has 0 spiro atoms. The van der Waals surface area contributed by atoms with Gasteiger partial charge in [-0.25, -0.2) is 0 Å². The van der Waals surface area contributed by atoms with Gasteiger partial charge < -0.3 is 14.5 Å². The predicted molar refractivity (Wildman–Crippen MR) is 113 cm³/mol. The van der Waals surface area contributed by atoms with Crippen LogP contribution in [0.3, 0.4) is 0 Å². The van der Waals surface area contributed by atoms with E-state index in [0.717, 1.165) is 42.4 Å². The highest BCUT2D eigenvalue weighted by Crippen LogP contribution is 2.28. The van der Waals surface area contributed by atoms with Gasteiger partial charge in [0.05, 0.1) is 5.92 Å². The molecule has 5 rings (SSSR count). The predicted octanol–water partition coefficient (Wildman–Crippen LogP) is 4.92. The van der Waals surface area contributed by atoms with Crippen molar-refractivity contribution in [3.8, 4) is 0 Å². The zero-order chi connectivity index (χ0) is 18.9. The lowest BCUT2D eigenvalue weighted by molar-refractivity contribution is -0.134. The van der Waals surface area contributed by atoms with Crippen molar-refractivity contribution in [3.05, 3.63) is 72.6 Å². The molecular formula is C24H25N3O. The molecule has 28 heavy (non-hydrogen) atoms. The SMILES string of the molecule is O=C(C(Cn1ccc2ccccc21)c1ccc2[nH]ccc2c1)N1CCCCC1. The zero-order valence-corrected chi connectivity index (χ0v) is 16.0. The molecule has 0 saturated carbocycles. The van der Waals surface area contributed by atoms with Crippen LogP contribution in [0, 0.1) is 0 Å². The number of rotatable bonds is 4. The summed E-state index contributed by atoms with van der Waals surface area (Å²) in [5.41, 5.74) is 3.39. The molecule has 3 heterocycles. The summed E-state index contributed by atoms with van der Waals surface area (Å²) in [6.45, 7) is 2.43. The van der Waals surface area contributed by atoms with Crippen molar-refractivity contribution in [2.45, 2.75) is 31.7 Å². The minimum Gasteiger partial charge on any atom is -0.361 e. The Morgan fingerprint density at radius 1 is 0.964 bits per heavy atom. The third-order valence-corrected chi connectivity index (χ3v) is 6.01. The van der Waals surface area contributed by atoms with Gasteiger partial charge in [-0.3, -0.25) is 4.79 Å². The van der Waals surface area contributed by atoms with Gasteiger partial charge in [0.15, 0.2) is 0 Å². The van der Waals surface area contributed by atoms with Crippen molar-refractivity contribution in [1.82, 2.24) is 14.5 Å². The van der Waals surface area contributed by atoms with E-state index in [0.29, 0.717) is 6.54 Å². The van der Waals surface area contributed by atoms with Crippen LogP contribution in [0.15, 0.2) is 67.0 Å². The molecule has 1 saturated heterocycles. The molecule has 1 aliphatic heterocycles. The molecular weight excluding hydrogens is 346 g/mol. The van der Waals surface area contributed by atoms with Crippen LogP contribution in [0.5, 0.6) is 0 Å². The topological polar surface area (TPSA) is 41.0 Å². The average molecular weight is 371 g/mol. The van der Waals surface area contributed by atoms with Gasteiger partial charge in [0.2, 0.25) is 5.91 Å². The Morgan fingerprint density at radius 3 is 2.71 bits per heavy atom. The highest BCUT2D eigenvalue weighted by Gasteiger charge is 2.28. The lowest BCUT2D eigenvalue weighted by Crippen LogP contribution is -2.40. The number of nitrogens with zero attached hydrogens (tertiary/aromatic N) is 2. The number of carbonyl (C=O) groups is 1. The Labute approximate surface area is 164 Å². The van der Waals surface area contributed by atoms with Crippen molar-refractivity contribution in [3.63, 3.8) is 0 Å². The number of aromatic amines is 1. The second-order valence-electron chi connectivity index (χ2n) is 7.79. The Morgan fingerprint density at radius 2 is 1.82 bits per heavy atom. The Bertz CT molecular complexity index is 1120. The summed E-state index contributed by atoms with van der Waals surface area (Å²) in [5, 5.41) is 2.37. The summed E-state index contributed by atoms with van der Waals surface area (Å²) in [4.78, 5) is 18.9. The Kier molecular flexibility index (Phi) is 4.40. The fourth-order valence-corrected chi connectivity index (χ4v) is 4.45. The van der Waals surface area contributed by atoms with Gasteiger partial charge in [0.25, 0.3) is 0 Å². The minimum absolute atomic E-state index is 0.173. The number of piperidine rings is 1. The second kappa shape index (κ2) is 7.19. The summed E-state index contributed by atoms with van der Waals surface area (Å²) in [6, 6.07) is 19.0. The van der Waals surface area contributed by atoms with Crippen molar-refractivity contribution in [2.24, 2.45) is 0 Å². The van der Waals surface area contributed by atoms with E-state index in [1.165, 1.54) is 17.3 Å². The van der Waals surface area contributed by atoms with E-state index in [4.69, 9.17) is 0 Å². The summed E-state index contributed by atoms with van der Waals surface area (Å²) in [5.74, 6) is 0.0839.